The number of anilines is 2. The molecule has 3 rings (SSSR count). The third-order valence-corrected chi connectivity index (χ3v) is 4.01. The minimum atomic E-state index is -0.634. The molecular weight excluding hydrogens is 308 g/mol. The van der Waals surface area contributed by atoms with Crippen LogP contribution in [0.2, 0.25) is 0 Å². The summed E-state index contributed by atoms with van der Waals surface area (Å²) in [6.45, 7) is 4.05. The summed E-state index contributed by atoms with van der Waals surface area (Å²) < 4.78 is 0. The van der Waals surface area contributed by atoms with Gasteiger partial charge in [-0.1, -0.05) is 26.0 Å². The van der Waals surface area contributed by atoms with Crippen molar-refractivity contribution in [1.29, 1.82) is 0 Å². The first-order chi connectivity index (χ1) is 11.5. The standard InChI is InChI=1S/C16H20N6O2/c1-8(2)11(6-23)20-14-12-9-4-3-5-10(21-16(17)24)13(9)22-15(12)19-7-18-14/h3-5,7-8,11,23H,6H2,1-2H3,(H3,17,21,24)(H2,18,19,20,22). The number of para-hydroxylation sites is 1. The Hall–Kier alpha value is -2.87. The SMILES string of the molecule is CC(C)C(CO)Nc1ncnc2[nH]c3c(NC(N)=O)cccc3c12. The zero-order chi connectivity index (χ0) is 17.3. The summed E-state index contributed by atoms with van der Waals surface area (Å²) in [5, 5.41) is 17.1. The highest BCUT2D eigenvalue weighted by molar-refractivity contribution is 6.15. The number of benzene rings is 1. The topological polar surface area (TPSA) is 129 Å². The predicted molar refractivity (Wildman–Crippen MR) is 93.9 cm³/mol. The number of aliphatic hydroxyl groups is 1. The molecule has 0 saturated heterocycles. The molecule has 2 heterocycles. The summed E-state index contributed by atoms with van der Waals surface area (Å²) in [5.74, 6) is 0.868. The molecule has 1 unspecified atom stereocenters. The van der Waals surface area contributed by atoms with Crippen molar-refractivity contribution < 1.29 is 9.90 Å². The van der Waals surface area contributed by atoms with Crippen molar-refractivity contribution in [2.75, 3.05) is 17.2 Å². The molecule has 24 heavy (non-hydrogen) atoms. The Morgan fingerprint density at radius 1 is 1.38 bits per heavy atom. The third-order valence-electron chi connectivity index (χ3n) is 4.01. The van der Waals surface area contributed by atoms with Gasteiger partial charge in [0.05, 0.1) is 29.2 Å². The van der Waals surface area contributed by atoms with E-state index in [0.29, 0.717) is 17.2 Å². The van der Waals surface area contributed by atoms with Crippen molar-refractivity contribution in [2.24, 2.45) is 11.7 Å². The first-order valence-corrected chi connectivity index (χ1v) is 7.70. The molecule has 2 aromatic heterocycles. The number of carbonyl (C=O) groups excluding carboxylic acids is 1. The Labute approximate surface area is 138 Å². The van der Waals surface area contributed by atoms with Gasteiger partial charge < -0.3 is 26.5 Å². The summed E-state index contributed by atoms with van der Waals surface area (Å²) in [6, 6.07) is 4.74. The molecule has 8 nitrogen and oxygen atoms in total. The van der Waals surface area contributed by atoms with Gasteiger partial charge in [0.1, 0.15) is 17.8 Å². The van der Waals surface area contributed by atoms with Gasteiger partial charge in [0.2, 0.25) is 0 Å². The van der Waals surface area contributed by atoms with E-state index in [4.69, 9.17) is 5.73 Å². The first-order valence-electron chi connectivity index (χ1n) is 7.70. The molecule has 8 heteroatoms. The number of nitrogens with two attached hydrogens (primary N) is 1. The minimum Gasteiger partial charge on any atom is -0.394 e. The second-order valence-electron chi connectivity index (χ2n) is 5.97. The number of nitrogens with one attached hydrogen (secondary N) is 3. The normalized spacial score (nSPS) is 12.7. The zero-order valence-electron chi connectivity index (χ0n) is 13.5. The smallest absolute Gasteiger partial charge is 0.316 e. The summed E-state index contributed by atoms with van der Waals surface area (Å²) in [4.78, 5) is 23.0. The number of hydrogen-bond acceptors (Lipinski definition) is 5. The quantitative estimate of drug-likeness (QED) is 0.489. The van der Waals surface area contributed by atoms with Gasteiger partial charge in [0.25, 0.3) is 0 Å². The van der Waals surface area contributed by atoms with Crippen LogP contribution in [-0.2, 0) is 0 Å². The predicted octanol–water partition coefficient (Wildman–Crippen LogP) is 2.03. The van der Waals surface area contributed by atoms with E-state index < -0.39 is 6.03 Å². The molecule has 0 saturated carbocycles. The number of aliphatic hydroxyl groups excluding tert-OH is 1. The number of urea groups is 1. The maximum Gasteiger partial charge on any atom is 0.316 e. The van der Waals surface area contributed by atoms with Crippen LogP contribution in [0.3, 0.4) is 0 Å². The molecule has 1 atom stereocenters. The molecule has 0 radical (unpaired) electrons. The molecule has 6 N–H and O–H groups in total. The summed E-state index contributed by atoms with van der Waals surface area (Å²) in [7, 11) is 0. The zero-order valence-corrected chi connectivity index (χ0v) is 13.5. The first kappa shape index (κ1) is 16.0. The highest BCUT2D eigenvalue weighted by atomic mass is 16.3. The number of aromatic nitrogens is 3. The molecule has 0 bridgehead atoms. The van der Waals surface area contributed by atoms with Crippen LogP contribution in [0.5, 0.6) is 0 Å². The van der Waals surface area contributed by atoms with Gasteiger partial charge in [0.15, 0.2) is 0 Å². The van der Waals surface area contributed by atoms with Gasteiger partial charge >= 0.3 is 6.03 Å². The van der Waals surface area contributed by atoms with E-state index in [-0.39, 0.29) is 18.6 Å². The maximum absolute atomic E-state index is 11.2. The van der Waals surface area contributed by atoms with Crippen LogP contribution < -0.4 is 16.4 Å². The number of nitrogens with zero attached hydrogens (tertiary/aromatic N) is 2. The molecule has 1 aromatic carbocycles. The lowest BCUT2D eigenvalue weighted by Crippen LogP contribution is -2.29. The van der Waals surface area contributed by atoms with E-state index in [2.05, 4.69) is 25.6 Å². The van der Waals surface area contributed by atoms with E-state index >= 15 is 0 Å². The lowest BCUT2D eigenvalue weighted by atomic mass is 10.1. The number of rotatable bonds is 5. The van der Waals surface area contributed by atoms with Gasteiger partial charge in [-0.15, -0.1) is 0 Å². The fourth-order valence-corrected chi connectivity index (χ4v) is 2.69. The Morgan fingerprint density at radius 3 is 2.83 bits per heavy atom. The van der Waals surface area contributed by atoms with Gasteiger partial charge in [-0.05, 0) is 12.0 Å². The lowest BCUT2D eigenvalue weighted by molar-refractivity contribution is 0.249. The number of aromatic amines is 1. The molecule has 2 amide bonds. The largest absolute Gasteiger partial charge is 0.394 e. The summed E-state index contributed by atoms with van der Waals surface area (Å²) in [5.41, 5.74) is 7.16. The highest BCUT2D eigenvalue weighted by Crippen LogP contribution is 2.33. The molecule has 3 aromatic rings. The third kappa shape index (κ3) is 2.83. The van der Waals surface area contributed by atoms with Crippen molar-refractivity contribution in [3.8, 4) is 0 Å². The van der Waals surface area contributed by atoms with Crippen LogP contribution in [0, 0.1) is 5.92 Å². The monoisotopic (exact) mass is 328 g/mol. The van der Waals surface area contributed by atoms with Gasteiger partial charge in [-0.25, -0.2) is 14.8 Å². The molecular formula is C16H20N6O2. The molecule has 0 spiro atoms. The van der Waals surface area contributed by atoms with E-state index in [0.717, 1.165) is 16.3 Å². The lowest BCUT2D eigenvalue weighted by Gasteiger charge is -2.20. The van der Waals surface area contributed by atoms with Gasteiger partial charge in [0, 0.05) is 5.39 Å². The Kier molecular flexibility index (Phi) is 4.22. The van der Waals surface area contributed by atoms with Crippen LogP contribution in [0.4, 0.5) is 16.3 Å². The Balaban J connectivity index is 2.17. The summed E-state index contributed by atoms with van der Waals surface area (Å²) >= 11 is 0. The molecule has 126 valence electrons. The van der Waals surface area contributed by atoms with Crippen molar-refractivity contribution in [3.05, 3.63) is 24.5 Å². The van der Waals surface area contributed by atoms with Crippen LogP contribution in [0.1, 0.15) is 13.8 Å². The van der Waals surface area contributed by atoms with Crippen LogP contribution in [-0.4, -0.2) is 38.7 Å². The van der Waals surface area contributed by atoms with Gasteiger partial charge in [-0.3, -0.25) is 0 Å². The minimum absolute atomic E-state index is 0.000000812. The summed E-state index contributed by atoms with van der Waals surface area (Å²) in [6.07, 6.45) is 1.45. The average molecular weight is 328 g/mol. The molecule has 0 aliphatic rings. The number of primary amides is 1. The van der Waals surface area contributed by atoms with Crippen molar-refractivity contribution in [3.63, 3.8) is 0 Å². The second kappa shape index (κ2) is 6.32. The molecule has 0 fully saturated rings. The molecule has 0 aliphatic heterocycles. The number of carbonyl (C=O) groups is 1. The van der Waals surface area contributed by atoms with Crippen molar-refractivity contribution in [1.82, 2.24) is 15.0 Å². The number of H-pyrrole nitrogens is 1. The fraction of sp³-hybridized carbons (Fsp3) is 0.312. The van der Waals surface area contributed by atoms with Gasteiger partial charge in [-0.2, -0.15) is 0 Å². The van der Waals surface area contributed by atoms with E-state index in [1.54, 1.807) is 6.07 Å². The Bertz CT molecular complexity index is 889. The van der Waals surface area contributed by atoms with Crippen LogP contribution in [0.25, 0.3) is 21.9 Å². The average Bonchev–Trinajstić information content (AvgIpc) is 2.92. The van der Waals surface area contributed by atoms with E-state index in [1.807, 2.05) is 26.0 Å². The maximum atomic E-state index is 11.2. The molecule has 0 aliphatic carbocycles. The second-order valence-corrected chi connectivity index (χ2v) is 5.97. The highest BCUT2D eigenvalue weighted by Gasteiger charge is 2.18. The fourth-order valence-electron chi connectivity index (χ4n) is 2.69. The number of fused-ring (bicyclic) bond motifs is 3. The van der Waals surface area contributed by atoms with Crippen LogP contribution >= 0.6 is 0 Å². The van der Waals surface area contributed by atoms with E-state index in [9.17, 15) is 9.90 Å². The van der Waals surface area contributed by atoms with Crippen LogP contribution in [0.15, 0.2) is 24.5 Å². The van der Waals surface area contributed by atoms with Crippen molar-refractivity contribution >= 4 is 39.5 Å². The van der Waals surface area contributed by atoms with Crippen molar-refractivity contribution in [2.45, 2.75) is 19.9 Å². The number of hydrogen-bond donors (Lipinski definition) is 5. The Morgan fingerprint density at radius 2 is 2.17 bits per heavy atom. The van der Waals surface area contributed by atoms with E-state index in [1.165, 1.54) is 6.33 Å². The number of amides is 2.